The van der Waals surface area contributed by atoms with Crippen LogP contribution in [-0.2, 0) is 0 Å². The first-order chi connectivity index (χ1) is 13.6. The van der Waals surface area contributed by atoms with Crippen molar-refractivity contribution < 1.29 is 4.79 Å². The van der Waals surface area contributed by atoms with Gasteiger partial charge in [0, 0.05) is 18.0 Å². The molecule has 0 fully saturated rings. The Kier molecular flexibility index (Phi) is 5.00. The monoisotopic (exact) mass is 385 g/mol. The summed E-state index contributed by atoms with van der Waals surface area (Å²) < 4.78 is 0. The number of carbonyl (C=O) groups excluding carboxylic acids is 1. The summed E-state index contributed by atoms with van der Waals surface area (Å²) in [6.07, 6.45) is 3.19. The van der Waals surface area contributed by atoms with Crippen molar-refractivity contribution in [3.05, 3.63) is 89.7 Å². The Balaban J connectivity index is 1.76. The summed E-state index contributed by atoms with van der Waals surface area (Å²) in [5.74, 6) is -0.215. The summed E-state index contributed by atoms with van der Waals surface area (Å²) >= 11 is 1.48. The molecule has 4 nitrogen and oxygen atoms in total. The van der Waals surface area contributed by atoms with Crippen LogP contribution in [0.2, 0.25) is 0 Å². The van der Waals surface area contributed by atoms with Gasteiger partial charge in [-0.3, -0.25) is 15.1 Å². The second-order valence-corrected chi connectivity index (χ2v) is 7.56. The quantitative estimate of drug-likeness (QED) is 0.487. The van der Waals surface area contributed by atoms with Gasteiger partial charge in [-0.25, -0.2) is 4.98 Å². The molecule has 0 bridgehead atoms. The number of hydrogen-bond donors (Lipinski definition) is 1. The molecule has 28 heavy (non-hydrogen) atoms. The Labute approximate surface area is 167 Å². The van der Waals surface area contributed by atoms with Gasteiger partial charge in [-0.05, 0) is 48.7 Å². The number of carbonyl (C=O) groups is 1. The molecule has 0 aliphatic rings. The highest BCUT2D eigenvalue weighted by atomic mass is 32.1. The summed E-state index contributed by atoms with van der Waals surface area (Å²) in [5, 5.41) is 3.48. The highest BCUT2D eigenvalue weighted by Gasteiger charge is 2.17. The van der Waals surface area contributed by atoms with Crippen LogP contribution in [0.15, 0.2) is 73.1 Å². The van der Waals surface area contributed by atoms with Crippen molar-refractivity contribution in [1.29, 1.82) is 0 Å². The molecule has 5 heteroatoms. The number of thiazole rings is 1. The zero-order valence-electron chi connectivity index (χ0n) is 15.6. The molecule has 0 saturated heterocycles. The second-order valence-electron chi connectivity index (χ2n) is 6.56. The number of hydrogen-bond acceptors (Lipinski definition) is 4. The summed E-state index contributed by atoms with van der Waals surface area (Å²) in [6.45, 7) is 4.19. The van der Waals surface area contributed by atoms with Gasteiger partial charge in [0.1, 0.15) is 0 Å². The summed E-state index contributed by atoms with van der Waals surface area (Å²) in [4.78, 5) is 22.3. The molecule has 0 radical (unpaired) electrons. The van der Waals surface area contributed by atoms with E-state index in [0.29, 0.717) is 10.7 Å². The van der Waals surface area contributed by atoms with Gasteiger partial charge in [0.25, 0.3) is 5.91 Å². The van der Waals surface area contributed by atoms with Gasteiger partial charge in [-0.2, -0.15) is 0 Å². The predicted molar refractivity (Wildman–Crippen MR) is 115 cm³/mol. The van der Waals surface area contributed by atoms with Crippen LogP contribution in [0.4, 0.5) is 5.13 Å². The fourth-order valence-electron chi connectivity index (χ4n) is 2.91. The standard InChI is InChI=1S/C23H19N3OS/c1-15-10-11-18(13-16(15)2)20-21(17-7-4-3-5-8-17)28-23(25-20)26-22(27)19-9-6-12-24-14-19/h3-14H,1-2H3,(H,25,26,27). The Morgan fingerprint density at radius 2 is 1.75 bits per heavy atom. The number of aryl methyl sites for hydroxylation is 2. The summed E-state index contributed by atoms with van der Waals surface area (Å²) in [6, 6.07) is 19.9. The van der Waals surface area contributed by atoms with Gasteiger partial charge in [-0.1, -0.05) is 53.8 Å². The molecule has 4 aromatic rings. The lowest BCUT2D eigenvalue weighted by atomic mass is 10.0. The molecule has 0 aliphatic heterocycles. The van der Waals surface area contributed by atoms with Crippen molar-refractivity contribution >= 4 is 22.4 Å². The smallest absolute Gasteiger partial charge is 0.259 e. The molecule has 0 aliphatic carbocycles. The average Bonchev–Trinajstić information content (AvgIpc) is 3.15. The third-order valence-corrected chi connectivity index (χ3v) is 5.61. The summed E-state index contributed by atoms with van der Waals surface area (Å²) in [7, 11) is 0. The van der Waals surface area contributed by atoms with Gasteiger partial charge in [0.15, 0.2) is 5.13 Å². The van der Waals surface area contributed by atoms with Crippen LogP contribution in [0, 0.1) is 13.8 Å². The van der Waals surface area contributed by atoms with Gasteiger partial charge in [-0.15, -0.1) is 0 Å². The van der Waals surface area contributed by atoms with Gasteiger partial charge in [0.05, 0.1) is 16.1 Å². The van der Waals surface area contributed by atoms with E-state index in [1.807, 2.05) is 18.2 Å². The van der Waals surface area contributed by atoms with Crippen molar-refractivity contribution in [2.75, 3.05) is 5.32 Å². The normalized spacial score (nSPS) is 10.6. The van der Waals surface area contributed by atoms with Gasteiger partial charge in [0.2, 0.25) is 0 Å². The second kappa shape index (κ2) is 7.74. The zero-order chi connectivity index (χ0) is 19.5. The lowest BCUT2D eigenvalue weighted by Gasteiger charge is -2.06. The summed E-state index contributed by atoms with van der Waals surface area (Å²) in [5.41, 5.74) is 5.96. The van der Waals surface area contributed by atoms with Gasteiger partial charge >= 0.3 is 0 Å². The van der Waals surface area contributed by atoms with Crippen molar-refractivity contribution in [1.82, 2.24) is 9.97 Å². The van der Waals surface area contributed by atoms with E-state index in [9.17, 15) is 4.79 Å². The number of nitrogens with zero attached hydrogens (tertiary/aromatic N) is 2. The van der Waals surface area contributed by atoms with E-state index in [-0.39, 0.29) is 5.91 Å². The SMILES string of the molecule is Cc1ccc(-c2nc(NC(=O)c3cccnc3)sc2-c2ccccc2)cc1C. The zero-order valence-corrected chi connectivity index (χ0v) is 16.5. The minimum Gasteiger partial charge on any atom is -0.298 e. The highest BCUT2D eigenvalue weighted by molar-refractivity contribution is 7.19. The van der Waals surface area contributed by atoms with Crippen LogP contribution in [0.3, 0.4) is 0 Å². The molecule has 0 unspecified atom stereocenters. The minimum absolute atomic E-state index is 0.215. The van der Waals surface area contributed by atoms with Crippen LogP contribution in [0.1, 0.15) is 21.5 Å². The number of rotatable bonds is 4. The number of aromatic nitrogens is 2. The van der Waals surface area contributed by atoms with Crippen LogP contribution < -0.4 is 5.32 Å². The number of benzene rings is 2. The molecule has 0 spiro atoms. The van der Waals surface area contributed by atoms with E-state index in [1.54, 1.807) is 24.5 Å². The minimum atomic E-state index is -0.215. The average molecular weight is 385 g/mol. The molecule has 1 N–H and O–H groups in total. The first-order valence-corrected chi connectivity index (χ1v) is 9.79. The molecule has 2 heterocycles. The lowest BCUT2D eigenvalue weighted by Crippen LogP contribution is -2.11. The predicted octanol–water partition coefficient (Wildman–Crippen LogP) is 5.74. The van der Waals surface area contributed by atoms with E-state index < -0.39 is 0 Å². The molecule has 2 aromatic heterocycles. The van der Waals surface area contributed by atoms with Gasteiger partial charge < -0.3 is 0 Å². The van der Waals surface area contributed by atoms with Crippen LogP contribution in [-0.4, -0.2) is 15.9 Å². The lowest BCUT2D eigenvalue weighted by molar-refractivity contribution is 0.102. The number of amides is 1. The fraction of sp³-hybridized carbons (Fsp3) is 0.0870. The Hall–Kier alpha value is -3.31. The molecule has 0 atom stereocenters. The van der Waals surface area contributed by atoms with Crippen LogP contribution >= 0.6 is 11.3 Å². The van der Waals surface area contributed by atoms with E-state index >= 15 is 0 Å². The molecule has 138 valence electrons. The Morgan fingerprint density at radius 1 is 0.929 bits per heavy atom. The van der Waals surface area contributed by atoms with Crippen LogP contribution in [0.5, 0.6) is 0 Å². The van der Waals surface area contributed by atoms with E-state index in [4.69, 9.17) is 4.98 Å². The van der Waals surface area contributed by atoms with E-state index in [1.165, 1.54) is 22.5 Å². The number of nitrogens with one attached hydrogen (secondary N) is 1. The van der Waals surface area contributed by atoms with Crippen LogP contribution in [0.25, 0.3) is 21.7 Å². The molecule has 0 saturated carbocycles. The third-order valence-electron chi connectivity index (χ3n) is 4.59. The van der Waals surface area contributed by atoms with E-state index in [2.05, 4.69) is 54.5 Å². The van der Waals surface area contributed by atoms with Crippen molar-refractivity contribution in [3.8, 4) is 21.7 Å². The van der Waals surface area contributed by atoms with Crippen molar-refractivity contribution in [3.63, 3.8) is 0 Å². The maximum absolute atomic E-state index is 12.5. The first kappa shape index (κ1) is 18.1. The van der Waals surface area contributed by atoms with E-state index in [0.717, 1.165) is 21.7 Å². The molecular formula is C23H19N3OS. The third kappa shape index (κ3) is 3.70. The van der Waals surface area contributed by atoms with Crippen molar-refractivity contribution in [2.24, 2.45) is 0 Å². The topological polar surface area (TPSA) is 54.9 Å². The Morgan fingerprint density at radius 3 is 2.46 bits per heavy atom. The molecule has 1 amide bonds. The largest absolute Gasteiger partial charge is 0.298 e. The molecule has 2 aromatic carbocycles. The molecule has 4 rings (SSSR count). The maximum atomic E-state index is 12.5. The maximum Gasteiger partial charge on any atom is 0.259 e. The molecular weight excluding hydrogens is 366 g/mol. The fourth-order valence-corrected chi connectivity index (χ4v) is 3.90. The first-order valence-electron chi connectivity index (χ1n) is 8.97. The van der Waals surface area contributed by atoms with Crippen molar-refractivity contribution in [2.45, 2.75) is 13.8 Å². The Bertz CT molecular complexity index is 1120. The number of anilines is 1. The highest BCUT2D eigenvalue weighted by Crippen LogP contribution is 2.39. The number of pyridine rings is 1.